The van der Waals surface area contributed by atoms with Crippen LogP contribution in [0.15, 0.2) is 77.9 Å². The number of likely N-dealkylation sites (tertiary alicyclic amines) is 1. The van der Waals surface area contributed by atoms with E-state index in [4.69, 9.17) is 19.4 Å². The number of methoxy groups -OCH3 is 2. The van der Waals surface area contributed by atoms with Crippen molar-refractivity contribution in [1.29, 1.82) is 0 Å². The number of benzene rings is 3. The first kappa shape index (κ1) is 42.7. The number of pyridine rings is 1. The van der Waals surface area contributed by atoms with Gasteiger partial charge >= 0.3 is 12.1 Å². The Bertz CT molecular complexity index is 2400. The minimum absolute atomic E-state index is 0.119. The number of piperidine rings is 2. The number of aryl methyl sites for hydroxylation is 1. The van der Waals surface area contributed by atoms with Gasteiger partial charge in [-0.1, -0.05) is 24.3 Å². The van der Waals surface area contributed by atoms with Gasteiger partial charge in [0.1, 0.15) is 23.1 Å². The SMILES string of the molecule is COc1cc(-c2cn(C)c(=O)c3[nH]ncc23)cc(OC)c1CNc1ccc(CC(=O)N2CCC(c3ccc(NC4CCC(=O)NC4=O)cc3)CC2)cc1.O=C(O)C(F)(F)F. The Morgan fingerprint density at radius 2 is 1.55 bits per heavy atom. The summed E-state index contributed by atoms with van der Waals surface area (Å²) in [5.41, 5.74) is 6.70. The lowest BCUT2D eigenvalue weighted by Gasteiger charge is -2.32. The van der Waals surface area contributed by atoms with Crippen LogP contribution < -0.4 is 31.0 Å². The van der Waals surface area contributed by atoms with Crippen molar-refractivity contribution < 1.29 is 46.9 Å². The minimum Gasteiger partial charge on any atom is -0.496 e. The Morgan fingerprint density at radius 3 is 2.13 bits per heavy atom. The van der Waals surface area contributed by atoms with Crippen molar-refractivity contribution in [3.63, 3.8) is 0 Å². The molecule has 0 saturated carbocycles. The fraction of sp³-hybridized carbons (Fsp3) is 0.333. The smallest absolute Gasteiger partial charge is 0.490 e. The molecule has 4 heterocycles. The third-order valence-corrected chi connectivity index (χ3v) is 10.5. The summed E-state index contributed by atoms with van der Waals surface area (Å²) < 4.78 is 44.9. The monoisotopic (exact) mass is 831 g/mol. The molecule has 5 N–H and O–H groups in total. The number of aromatic amines is 1. The Hall–Kier alpha value is -6.85. The van der Waals surface area contributed by atoms with Crippen LogP contribution in [0, 0.1) is 0 Å². The van der Waals surface area contributed by atoms with Crippen molar-refractivity contribution in [3.8, 4) is 22.6 Å². The van der Waals surface area contributed by atoms with Gasteiger partial charge in [0, 0.05) is 61.6 Å². The second-order valence-corrected chi connectivity index (χ2v) is 14.4. The number of carboxylic acids is 1. The first-order valence-corrected chi connectivity index (χ1v) is 19.0. The first-order valence-electron chi connectivity index (χ1n) is 19.0. The molecule has 316 valence electrons. The molecule has 3 aromatic carbocycles. The maximum Gasteiger partial charge on any atom is 0.490 e. The summed E-state index contributed by atoms with van der Waals surface area (Å²) in [6, 6.07) is 19.5. The summed E-state index contributed by atoms with van der Waals surface area (Å²) in [4.78, 5) is 60.2. The maximum absolute atomic E-state index is 13.2. The molecule has 2 aliphatic heterocycles. The number of hydrogen-bond donors (Lipinski definition) is 5. The van der Waals surface area contributed by atoms with Crippen LogP contribution in [0.1, 0.15) is 48.3 Å². The van der Waals surface area contributed by atoms with Crippen LogP contribution in [0.25, 0.3) is 22.0 Å². The predicted molar refractivity (Wildman–Crippen MR) is 216 cm³/mol. The average molecular weight is 832 g/mol. The number of rotatable bonds is 11. The third-order valence-electron chi connectivity index (χ3n) is 10.5. The van der Waals surface area contributed by atoms with Crippen LogP contribution in [0.2, 0.25) is 0 Å². The highest BCUT2D eigenvalue weighted by molar-refractivity contribution is 6.01. The number of H-pyrrole nitrogens is 1. The van der Waals surface area contributed by atoms with Crippen LogP contribution in [-0.4, -0.2) is 88.0 Å². The van der Waals surface area contributed by atoms with E-state index in [1.807, 2.05) is 53.4 Å². The van der Waals surface area contributed by atoms with Crippen molar-refractivity contribution >= 4 is 46.0 Å². The highest BCUT2D eigenvalue weighted by atomic mass is 19.4. The topological polar surface area (TPSA) is 197 Å². The minimum atomic E-state index is -5.08. The van der Waals surface area contributed by atoms with Gasteiger partial charge in [-0.3, -0.25) is 29.6 Å². The predicted octanol–water partition coefficient (Wildman–Crippen LogP) is 5.36. The molecule has 2 aromatic heterocycles. The van der Waals surface area contributed by atoms with Gasteiger partial charge in [0.15, 0.2) is 0 Å². The number of carbonyl (C=O) groups is 4. The standard InChI is InChI=1S/C40H43N7O6.C2HF3O2/c1-46-23-32(30-22-42-45-38(30)40(46)51)27-19-34(52-2)31(35(20-27)53-3)21-41-28-8-4-24(5-9-28)18-37(49)47-16-14-26(15-17-47)25-6-10-29(11-7-25)43-33-12-13-36(48)44-39(33)50;3-2(4,5)1(6)7/h4-11,19-20,22-23,26,33,41,43H,12-18,21H2,1-3H3,(H,42,45)(H,44,48,50);(H,6,7). The number of aromatic nitrogens is 3. The Balaban J connectivity index is 0.000000793. The Morgan fingerprint density at radius 1 is 0.933 bits per heavy atom. The zero-order valence-electron chi connectivity index (χ0n) is 33.0. The number of imide groups is 1. The van der Waals surface area contributed by atoms with Gasteiger partial charge < -0.3 is 34.7 Å². The zero-order chi connectivity index (χ0) is 43.1. The van der Waals surface area contributed by atoms with Crippen LogP contribution in [-0.2, 0) is 39.2 Å². The number of nitrogens with one attached hydrogen (secondary N) is 4. The van der Waals surface area contributed by atoms with Gasteiger partial charge in [0.25, 0.3) is 5.56 Å². The van der Waals surface area contributed by atoms with E-state index in [2.05, 4.69) is 38.3 Å². The quantitative estimate of drug-likeness (QED) is 0.108. The Kier molecular flexibility index (Phi) is 13.1. The first-order chi connectivity index (χ1) is 28.6. The molecule has 1 unspecified atom stereocenters. The number of anilines is 2. The lowest BCUT2D eigenvalue weighted by atomic mass is 9.89. The summed E-state index contributed by atoms with van der Waals surface area (Å²) in [5, 5.41) is 23.8. The summed E-state index contributed by atoms with van der Waals surface area (Å²) in [5.74, 6) is -1.50. The van der Waals surface area contributed by atoms with Gasteiger partial charge in [-0.25, -0.2) is 4.79 Å². The molecule has 2 saturated heterocycles. The van der Waals surface area contributed by atoms with Gasteiger partial charge in [0.05, 0.1) is 32.4 Å². The summed E-state index contributed by atoms with van der Waals surface area (Å²) >= 11 is 0. The number of carbonyl (C=O) groups excluding carboxylic acids is 3. The lowest BCUT2D eigenvalue weighted by molar-refractivity contribution is -0.192. The number of halogens is 3. The summed E-state index contributed by atoms with van der Waals surface area (Å²) in [6.07, 6.45) is 1.29. The molecule has 2 aliphatic rings. The Labute approximate surface area is 341 Å². The van der Waals surface area contributed by atoms with E-state index in [-0.39, 0.29) is 23.3 Å². The van der Waals surface area contributed by atoms with Crippen LogP contribution in [0.5, 0.6) is 11.5 Å². The second-order valence-electron chi connectivity index (χ2n) is 14.4. The van der Waals surface area contributed by atoms with Gasteiger partial charge in [-0.15, -0.1) is 0 Å². The lowest BCUT2D eigenvalue weighted by Crippen LogP contribution is -2.47. The molecule has 7 rings (SSSR count). The highest BCUT2D eigenvalue weighted by Gasteiger charge is 2.38. The van der Waals surface area contributed by atoms with Crippen molar-refractivity contribution in [1.82, 2.24) is 25.0 Å². The van der Waals surface area contributed by atoms with E-state index in [0.29, 0.717) is 61.8 Å². The molecule has 1 atom stereocenters. The average Bonchev–Trinajstić information content (AvgIpc) is 3.73. The van der Waals surface area contributed by atoms with Crippen LogP contribution >= 0.6 is 0 Å². The largest absolute Gasteiger partial charge is 0.496 e. The van der Waals surface area contributed by atoms with E-state index in [1.54, 1.807) is 33.7 Å². The van der Waals surface area contributed by atoms with E-state index < -0.39 is 18.2 Å². The normalized spacial score (nSPS) is 15.8. The number of carboxylic acid groups (broad SMARTS) is 1. The summed E-state index contributed by atoms with van der Waals surface area (Å²) in [6.45, 7) is 1.85. The number of ether oxygens (including phenoxy) is 2. The number of amides is 3. The molecule has 0 spiro atoms. The van der Waals surface area contributed by atoms with E-state index in [9.17, 15) is 32.3 Å². The van der Waals surface area contributed by atoms with Gasteiger partial charge in [-0.2, -0.15) is 18.3 Å². The molecule has 0 aliphatic carbocycles. The van der Waals surface area contributed by atoms with Crippen LogP contribution in [0.3, 0.4) is 0 Å². The van der Waals surface area contributed by atoms with Gasteiger partial charge in [-0.05, 0) is 78.3 Å². The number of nitrogens with zero attached hydrogens (tertiary/aromatic N) is 3. The molecule has 0 bridgehead atoms. The second kappa shape index (κ2) is 18.4. The molecular weight excluding hydrogens is 787 g/mol. The van der Waals surface area contributed by atoms with Crippen molar-refractivity contribution in [2.75, 3.05) is 37.9 Å². The van der Waals surface area contributed by atoms with Crippen LogP contribution in [0.4, 0.5) is 24.5 Å². The molecule has 0 radical (unpaired) electrons. The van der Waals surface area contributed by atoms with Gasteiger partial charge in [0.2, 0.25) is 17.7 Å². The number of hydrogen-bond acceptors (Lipinski definition) is 10. The zero-order valence-corrected chi connectivity index (χ0v) is 33.0. The van der Waals surface area contributed by atoms with E-state index in [1.165, 1.54) is 10.1 Å². The number of aliphatic carboxylic acids is 1. The fourth-order valence-corrected chi connectivity index (χ4v) is 7.26. The number of alkyl halides is 3. The van der Waals surface area contributed by atoms with E-state index in [0.717, 1.165) is 51.9 Å². The molecule has 18 heteroatoms. The van der Waals surface area contributed by atoms with Crippen molar-refractivity contribution in [2.24, 2.45) is 7.05 Å². The molecule has 60 heavy (non-hydrogen) atoms. The highest BCUT2D eigenvalue weighted by Crippen LogP contribution is 2.37. The third kappa shape index (κ3) is 10.0. The maximum atomic E-state index is 13.2. The molecular formula is C42H44F3N7O8. The molecule has 2 fully saturated rings. The van der Waals surface area contributed by atoms with Crippen molar-refractivity contribution in [2.45, 2.75) is 56.8 Å². The molecule has 15 nitrogen and oxygen atoms in total. The summed E-state index contributed by atoms with van der Waals surface area (Å²) in [7, 11) is 4.94. The fourth-order valence-electron chi connectivity index (χ4n) is 7.26. The molecule has 3 amide bonds. The van der Waals surface area contributed by atoms with E-state index >= 15 is 0 Å². The van der Waals surface area contributed by atoms with Crippen molar-refractivity contribution in [3.05, 3.63) is 100 Å². The molecule has 5 aromatic rings. The number of fused-ring (bicyclic) bond motifs is 1.